The summed E-state index contributed by atoms with van der Waals surface area (Å²) in [6, 6.07) is 14.4. The maximum absolute atomic E-state index is 15.0. The predicted octanol–water partition coefficient (Wildman–Crippen LogP) is 6.09. The van der Waals surface area contributed by atoms with Gasteiger partial charge in [0.1, 0.15) is 5.82 Å². The minimum absolute atomic E-state index is 0.156. The average Bonchev–Trinajstić information content (AvgIpc) is 3.17. The van der Waals surface area contributed by atoms with E-state index in [0.717, 1.165) is 53.2 Å². The summed E-state index contributed by atoms with van der Waals surface area (Å²) >= 11 is 0. The van der Waals surface area contributed by atoms with Crippen molar-refractivity contribution in [3.8, 4) is 0 Å². The maximum atomic E-state index is 15.0. The number of aliphatic carboxylic acids is 1. The normalized spacial score (nSPS) is 14.9. The Kier molecular flexibility index (Phi) is 5.76. The summed E-state index contributed by atoms with van der Waals surface area (Å²) in [5, 5.41) is 15.6. The lowest BCUT2D eigenvalue weighted by atomic mass is 9.73. The summed E-state index contributed by atoms with van der Waals surface area (Å²) in [6.07, 6.45) is 8.30. The van der Waals surface area contributed by atoms with E-state index >= 15 is 4.39 Å². The van der Waals surface area contributed by atoms with Crippen LogP contribution < -0.4 is 0 Å². The second-order valence-electron chi connectivity index (χ2n) is 8.34. The molecular formula is C27H21F2N3O2. The van der Waals surface area contributed by atoms with Gasteiger partial charge in [0.15, 0.2) is 0 Å². The van der Waals surface area contributed by atoms with E-state index in [4.69, 9.17) is 5.11 Å². The van der Waals surface area contributed by atoms with Gasteiger partial charge in [-0.05, 0) is 70.9 Å². The van der Waals surface area contributed by atoms with E-state index in [0.29, 0.717) is 16.5 Å². The van der Waals surface area contributed by atoms with Crippen LogP contribution in [-0.4, -0.2) is 26.3 Å². The molecular weight excluding hydrogens is 436 g/mol. The summed E-state index contributed by atoms with van der Waals surface area (Å²) < 4.78 is 29.4. The number of fused-ring (bicyclic) bond motifs is 1. The molecule has 170 valence electrons. The van der Waals surface area contributed by atoms with E-state index in [9.17, 15) is 9.18 Å². The first-order valence-corrected chi connectivity index (χ1v) is 11.0. The van der Waals surface area contributed by atoms with Crippen molar-refractivity contribution in [2.24, 2.45) is 5.92 Å². The van der Waals surface area contributed by atoms with Crippen molar-refractivity contribution in [3.63, 3.8) is 0 Å². The number of carboxylic acid groups (broad SMARTS) is 1. The van der Waals surface area contributed by atoms with E-state index in [1.54, 1.807) is 24.4 Å². The molecule has 0 atom stereocenters. The van der Waals surface area contributed by atoms with Crippen LogP contribution in [0.4, 0.5) is 8.78 Å². The third kappa shape index (κ3) is 4.12. The van der Waals surface area contributed by atoms with Crippen LogP contribution in [0.1, 0.15) is 41.5 Å². The maximum Gasteiger partial charge on any atom is 0.328 e. The number of carbonyl (C=O) groups is 1. The van der Waals surface area contributed by atoms with E-state index in [-0.39, 0.29) is 5.92 Å². The van der Waals surface area contributed by atoms with Crippen LogP contribution in [0, 0.1) is 17.7 Å². The summed E-state index contributed by atoms with van der Waals surface area (Å²) in [4.78, 5) is 14.8. The van der Waals surface area contributed by atoms with Gasteiger partial charge in [-0.15, -0.1) is 0 Å². The predicted molar refractivity (Wildman–Crippen MR) is 127 cm³/mol. The molecule has 2 heterocycles. The summed E-state index contributed by atoms with van der Waals surface area (Å²) in [5.74, 6) is -1.80. The lowest BCUT2D eigenvalue weighted by Gasteiger charge is -2.31. The molecule has 0 radical (unpaired) electrons. The van der Waals surface area contributed by atoms with Crippen LogP contribution in [0.5, 0.6) is 0 Å². The first-order chi connectivity index (χ1) is 16.5. The average molecular weight is 457 g/mol. The van der Waals surface area contributed by atoms with Crippen molar-refractivity contribution in [2.75, 3.05) is 0 Å². The van der Waals surface area contributed by atoms with Gasteiger partial charge in [0, 0.05) is 17.8 Å². The topological polar surface area (TPSA) is 78.9 Å². The lowest BCUT2D eigenvalue weighted by Crippen LogP contribution is -2.16. The molecule has 0 saturated heterocycles. The minimum atomic E-state index is -1.03. The third-order valence-corrected chi connectivity index (χ3v) is 6.26. The number of hydrogen-bond donors (Lipinski definition) is 2. The van der Waals surface area contributed by atoms with Gasteiger partial charge < -0.3 is 5.11 Å². The number of benzene rings is 2. The van der Waals surface area contributed by atoms with E-state index in [1.165, 1.54) is 12.3 Å². The number of nitrogens with one attached hydrogen (secondary N) is 1. The molecule has 0 unspecified atom stereocenters. The van der Waals surface area contributed by atoms with Crippen LogP contribution in [-0.2, 0) is 4.79 Å². The zero-order chi connectivity index (χ0) is 23.7. The van der Waals surface area contributed by atoms with Crippen LogP contribution >= 0.6 is 0 Å². The summed E-state index contributed by atoms with van der Waals surface area (Å²) in [7, 11) is 0. The fourth-order valence-corrected chi connectivity index (χ4v) is 4.39. The molecule has 0 amide bonds. The number of carboxylic acids is 1. The van der Waals surface area contributed by atoms with Crippen LogP contribution in [0.25, 0.3) is 28.1 Å². The molecule has 0 aliphatic heterocycles. The number of allylic oxidation sites excluding steroid dienone is 1. The van der Waals surface area contributed by atoms with Crippen LogP contribution in [0.15, 0.2) is 67.0 Å². The molecule has 2 aromatic heterocycles. The largest absolute Gasteiger partial charge is 0.478 e. The van der Waals surface area contributed by atoms with Crippen molar-refractivity contribution in [1.82, 2.24) is 15.2 Å². The zero-order valence-corrected chi connectivity index (χ0v) is 18.1. The molecule has 0 bridgehead atoms. The van der Waals surface area contributed by atoms with Crippen LogP contribution in [0.2, 0.25) is 0 Å². The minimum Gasteiger partial charge on any atom is -0.478 e. The van der Waals surface area contributed by atoms with Gasteiger partial charge in [-0.3, -0.25) is 10.1 Å². The van der Waals surface area contributed by atoms with Gasteiger partial charge in [-0.25, -0.2) is 9.18 Å². The lowest BCUT2D eigenvalue weighted by molar-refractivity contribution is -0.131. The second-order valence-corrected chi connectivity index (χ2v) is 8.34. The molecule has 2 aromatic carbocycles. The highest BCUT2D eigenvalue weighted by Gasteiger charge is 2.29. The number of nitrogens with zero attached hydrogens (tertiary/aromatic N) is 2. The van der Waals surface area contributed by atoms with Crippen molar-refractivity contribution >= 4 is 34.1 Å². The Balaban J connectivity index is 1.76. The molecule has 1 aliphatic carbocycles. The van der Waals surface area contributed by atoms with Crippen molar-refractivity contribution < 1.29 is 18.7 Å². The van der Waals surface area contributed by atoms with E-state index in [2.05, 4.69) is 15.2 Å². The fraction of sp³-hybridized carbons (Fsp3) is 0.148. The van der Waals surface area contributed by atoms with Gasteiger partial charge in [0.05, 0.1) is 17.1 Å². The van der Waals surface area contributed by atoms with Crippen molar-refractivity contribution in [1.29, 1.82) is 0 Å². The summed E-state index contributed by atoms with van der Waals surface area (Å²) in [6.45, 7) is 0. The SMILES string of the molecule is O=C(O)/C=C/c1ccc(C(=C(c2ccncc2F)C2CCC2)c2ccc3n[nH]c(F)c3c2)cc1. The molecule has 1 fully saturated rings. The van der Waals surface area contributed by atoms with Gasteiger partial charge >= 0.3 is 5.97 Å². The highest BCUT2D eigenvalue weighted by molar-refractivity contribution is 6.01. The highest BCUT2D eigenvalue weighted by atomic mass is 19.1. The Hall–Kier alpha value is -4.13. The number of aromatic amines is 1. The Labute approximate surface area is 194 Å². The first-order valence-electron chi connectivity index (χ1n) is 11.0. The molecule has 5 rings (SSSR count). The highest BCUT2D eigenvalue weighted by Crippen LogP contribution is 2.45. The Morgan fingerprint density at radius 1 is 1.06 bits per heavy atom. The number of pyridine rings is 1. The molecule has 5 nitrogen and oxygen atoms in total. The molecule has 4 aromatic rings. The number of hydrogen-bond acceptors (Lipinski definition) is 3. The van der Waals surface area contributed by atoms with Crippen LogP contribution in [0.3, 0.4) is 0 Å². The molecule has 1 aliphatic rings. The molecule has 1 saturated carbocycles. The van der Waals surface area contributed by atoms with Crippen molar-refractivity contribution in [3.05, 3.63) is 101 Å². The molecule has 7 heteroatoms. The molecule has 0 spiro atoms. The number of halogens is 2. The standard InChI is InChI=1S/C27H21F2N3O2/c28-22-15-30-13-12-20(22)26(17-2-1-3-17)25(18-7-4-16(5-8-18)6-11-24(33)34)19-9-10-23-21(14-19)27(29)32-31-23/h4-15,17H,1-3H2,(H,31,32)(H,33,34)/b11-6+,26-25?. The smallest absolute Gasteiger partial charge is 0.328 e. The Morgan fingerprint density at radius 2 is 1.82 bits per heavy atom. The van der Waals surface area contributed by atoms with E-state index in [1.807, 2.05) is 30.3 Å². The van der Waals surface area contributed by atoms with Gasteiger partial charge in [0.25, 0.3) is 0 Å². The Morgan fingerprint density at radius 3 is 2.50 bits per heavy atom. The quantitative estimate of drug-likeness (QED) is 0.343. The van der Waals surface area contributed by atoms with Gasteiger partial charge in [-0.2, -0.15) is 9.49 Å². The zero-order valence-electron chi connectivity index (χ0n) is 18.1. The number of aromatic nitrogens is 3. The third-order valence-electron chi connectivity index (χ3n) is 6.26. The summed E-state index contributed by atoms with van der Waals surface area (Å²) in [5.41, 5.74) is 4.97. The van der Waals surface area contributed by atoms with E-state index < -0.39 is 17.7 Å². The second kappa shape index (κ2) is 9.02. The number of H-pyrrole nitrogens is 1. The number of rotatable bonds is 6. The molecule has 2 N–H and O–H groups in total. The molecule has 34 heavy (non-hydrogen) atoms. The first kappa shape index (κ1) is 21.7. The van der Waals surface area contributed by atoms with Crippen molar-refractivity contribution in [2.45, 2.75) is 19.3 Å². The van der Waals surface area contributed by atoms with Gasteiger partial charge in [-0.1, -0.05) is 36.8 Å². The monoisotopic (exact) mass is 457 g/mol. The van der Waals surface area contributed by atoms with Gasteiger partial charge in [0.2, 0.25) is 5.95 Å². The fourth-order valence-electron chi connectivity index (χ4n) is 4.39. The Bertz CT molecular complexity index is 1430.